The van der Waals surface area contributed by atoms with Gasteiger partial charge in [0, 0.05) is 19.3 Å². The van der Waals surface area contributed by atoms with E-state index in [1.165, 1.54) is 45.8 Å². The first-order chi connectivity index (χ1) is 18.4. The fourth-order valence-corrected chi connectivity index (χ4v) is 4.81. The third-order valence-electron chi connectivity index (χ3n) is 5.49. The number of halogens is 1. The lowest BCUT2D eigenvalue weighted by Crippen LogP contribution is -2.28. The zero-order valence-electron chi connectivity index (χ0n) is 21.3. The molecule has 3 N–H and O–H groups in total. The van der Waals surface area contributed by atoms with Crippen LogP contribution in [-0.4, -0.2) is 34.6 Å². The van der Waals surface area contributed by atoms with Gasteiger partial charge < -0.3 is 20.4 Å². The van der Waals surface area contributed by atoms with E-state index in [1.54, 1.807) is 44.3 Å². The van der Waals surface area contributed by atoms with E-state index in [0.717, 1.165) is 5.56 Å². The van der Waals surface area contributed by atoms with Crippen molar-refractivity contribution in [2.75, 3.05) is 5.32 Å². The Morgan fingerprint density at radius 3 is 2.38 bits per heavy atom. The van der Waals surface area contributed by atoms with E-state index in [0.29, 0.717) is 22.8 Å². The molecule has 0 fully saturated rings. The van der Waals surface area contributed by atoms with Crippen molar-refractivity contribution in [2.24, 2.45) is 17.2 Å². The molecule has 0 radical (unpaired) electrons. The van der Waals surface area contributed by atoms with Crippen molar-refractivity contribution in [1.82, 2.24) is 14.3 Å². The predicted molar refractivity (Wildman–Crippen MR) is 145 cm³/mol. The van der Waals surface area contributed by atoms with Crippen molar-refractivity contribution in [3.63, 3.8) is 0 Å². The summed E-state index contributed by atoms with van der Waals surface area (Å²) in [6.07, 6.45) is 1.40. The standard InChI is InChI=1S/C26H25ClN6O5S/c1-16-4-8-20(9-5-16)39(36,37)31-25-11-7-19(14-33(25)15-24(28)34)38-18-6-10-21(27)22(13-18)29-26(35)23-12-17(2)30-32(23)3/h4-14H,15H2,1-3H3,(H2,28,34)(H,29,35)/b31-25-. The maximum absolute atomic E-state index is 12.8. The molecule has 11 nitrogen and oxygen atoms in total. The molecular formula is C26H25ClN6O5S. The van der Waals surface area contributed by atoms with Gasteiger partial charge in [0.05, 0.1) is 21.3 Å². The third kappa shape index (κ3) is 6.72. The quantitative estimate of drug-likeness (QED) is 0.333. The minimum absolute atomic E-state index is 0.0103. The Hall–Kier alpha value is -4.42. The summed E-state index contributed by atoms with van der Waals surface area (Å²) in [5.41, 5.74) is 7.61. The number of sulfonamides is 1. The molecule has 0 aliphatic heterocycles. The van der Waals surface area contributed by atoms with Crippen molar-refractivity contribution in [1.29, 1.82) is 0 Å². The fourth-order valence-electron chi connectivity index (χ4n) is 3.65. The van der Waals surface area contributed by atoms with Gasteiger partial charge in [-0.25, -0.2) is 0 Å². The van der Waals surface area contributed by atoms with Gasteiger partial charge in [-0.05, 0) is 56.3 Å². The first-order valence-corrected chi connectivity index (χ1v) is 13.4. The van der Waals surface area contributed by atoms with Crippen LogP contribution in [0.15, 0.2) is 76.2 Å². The minimum atomic E-state index is -4.06. The first kappa shape index (κ1) is 27.6. The second-order valence-corrected chi connectivity index (χ2v) is 10.7. The molecule has 2 amide bonds. The number of nitrogens with zero attached hydrogens (tertiary/aromatic N) is 4. The van der Waals surface area contributed by atoms with Crippen molar-refractivity contribution in [3.05, 3.63) is 94.3 Å². The van der Waals surface area contributed by atoms with E-state index in [-0.39, 0.29) is 27.7 Å². The average molecular weight is 569 g/mol. The molecule has 0 bridgehead atoms. The molecule has 0 atom stereocenters. The van der Waals surface area contributed by atoms with Gasteiger partial charge >= 0.3 is 0 Å². The highest BCUT2D eigenvalue weighted by Gasteiger charge is 2.16. The van der Waals surface area contributed by atoms with Crippen molar-refractivity contribution >= 4 is 39.1 Å². The Morgan fingerprint density at radius 1 is 1.05 bits per heavy atom. The number of aryl methyl sites for hydroxylation is 3. The van der Waals surface area contributed by atoms with Gasteiger partial charge in [-0.3, -0.25) is 14.3 Å². The van der Waals surface area contributed by atoms with Crippen LogP contribution in [0.4, 0.5) is 5.69 Å². The van der Waals surface area contributed by atoms with Crippen LogP contribution >= 0.6 is 11.6 Å². The second kappa shape index (κ2) is 11.1. The summed E-state index contributed by atoms with van der Waals surface area (Å²) in [4.78, 5) is 24.4. The van der Waals surface area contributed by atoms with Gasteiger partial charge in [0.2, 0.25) is 5.91 Å². The van der Waals surface area contributed by atoms with E-state index < -0.39 is 21.8 Å². The number of nitrogens with one attached hydrogen (secondary N) is 1. The van der Waals surface area contributed by atoms with Crippen molar-refractivity contribution in [2.45, 2.75) is 25.3 Å². The van der Waals surface area contributed by atoms with E-state index in [2.05, 4.69) is 14.8 Å². The smallest absolute Gasteiger partial charge is 0.284 e. The number of hydrogen-bond donors (Lipinski definition) is 2. The highest BCUT2D eigenvalue weighted by molar-refractivity contribution is 7.90. The number of aromatic nitrogens is 3. The largest absolute Gasteiger partial charge is 0.456 e. The Bertz CT molecular complexity index is 1740. The summed E-state index contributed by atoms with van der Waals surface area (Å²) < 4.78 is 38.2. The zero-order chi connectivity index (χ0) is 28.3. The summed E-state index contributed by atoms with van der Waals surface area (Å²) in [6.45, 7) is 3.27. The van der Waals surface area contributed by atoms with Gasteiger partial charge in [-0.1, -0.05) is 29.3 Å². The monoisotopic (exact) mass is 568 g/mol. The second-order valence-electron chi connectivity index (χ2n) is 8.69. The van der Waals surface area contributed by atoms with Crippen LogP contribution < -0.4 is 21.3 Å². The molecule has 0 saturated carbocycles. The van der Waals surface area contributed by atoms with Crippen LogP contribution in [-0.2, 0) is 28.4 Å². The summed E-state index contributed by atoms with van der Waals surface area (Å²) in [6, 6.07) is 15.4. The normalized spacial score (nSPS) is 11.8. The van der Waals surface area contributed by atoms with Crippen LogP contribution in [0.2, 0.25) is 5.02 Å². The SMILES string of the molecule is Cc1ccc(S(=O)(=O)/N=c2/ccc(Oc3ccc(Cl)c(NC(=O)c4cc(C)nn4C)c3)cn2CC(N)=O)cc1. The molecule has 0 saturated heterocycles. The Balaban J connectivity index is 1.63. The van der Waals surface area contributed by atoms with Crippen LogP contribution in [0.3, 0.4) is 0 Å². The number of pyridine rings is 1. The molecule has 0 aliphatic carbocycles. The van der Waals surface area contributed by atoms with Gasteiger partial charge in [0.1, 0.15) is 29.2 Å². The molecule has 0 unspecified atom stereocenters. The summed E-state index contributed by atoms with van der Waals surface area (Å²) in [5.74, 6) is -0.538. The lowest BCUT2D eigenvalue weighted by molar-refractivity contribution is -0.118. The van der Waals surface area contributed by atoms with Crippen molar-refractivity contribution < 1.29 is 22.7 Å². The van der Waals surface area contributed by atoms with Crippen LogP contribution in [0.5, 0.6) is 11.5 Å². The molecule has 0 spiro atoms. The number of carbonyl (C=O) groups is 2. The average Bonchev–Trinajstić information content (AvgIpc) is 3.20. The van der Waals surface area contributed by atoms with E-state index >= 15 is 0 Å². The number of anilines is 1. The van der Waals surface area contributed by atoms with E-state index in [9.17, 15) is 18.0 Å². The van der Waals surface area contributed by atoms with E-state index in [4.69, 9.17) is 22.1 Å². The molecule has 2 aromatic carbocycles. The number of carbonyl (C=O) groups excluding carboxylic acids is 2. The number of nitrogens with two attached hydrogens (primary N) is 1. The number of amides is 2. The maximum atomic E-state index is 12.8. The Morgan fingerprint density at radius 2 is 1.74 bits per heavy atom. The van der Waals surface area contributed by atoms with Crippen LogP contribution in [0.1, 0.15) is 21.7 Å². The number of hydrogen-bond acceptors (Lipinski definition) is 6. The molecule has 0 aliphatic rings. The molecule has 2 aromatic heterocycles. The highest BCUT2D eigenvalue weighted by Crippen LogP contribution is 2.30. The van der Waals surface area contributed by atoms with Gasteiger partial charge in [0.15, 0.2) is 0 Å². The molecule has 13 heteroatoms. The number of ether oxygens (including phenoxy) is 1. The maximum Gasteiger partial charge on any atom is 0.284 e. The molecule has 39 heavy (non-hydrogen) atoms. The highest BCUT2D eigenvalue weighted by atomic mass is 35.5. The molecule has 202 valence electrons. The minimum Gasteiger partial charge on any atom is -0.456 e. The topological polar surface area (TPSA) is 151 Å². The molecular weight excluding hydrogens is 544 g/mol. The number of benzene rings is 2. The predicted octanol–water partition coefficient (Wildman–Crippen LogP) is 3.31. The van der Waals surface area contributed by atoms with E-state index in [1.807, 2.05) is 6.92 Å². The lowest BCUT2D eigenvalue weighted by Gasteiger charge is -2.12. The molecule has 4 aromatic rings. The number of primary amides is 1. The summed E-state index contributed by atoms with van der Waals surface area (Å²) >= 11 is 6.28. The van der Waals surface area contributed by atoms with Crippen molar-refractivity contribution in [3.8, 4) is 11.5 Å². The summed E-state index contributed by atoms with van der Waals surface area (Å²) in [5, 5.41) is 7.19. The zero-order valence-corrected chi connectivity index (χ0v) is 22.8. The fraction of sp³-hybridized carbons (Fsp3) is 0.154. The molecule has 4 rings (SSSR count). The summed E-state index contributed by atoms with van der Waals surface area (Å²) in [7, 11) is -2.40. The molecule has 2 heterocycles. The third-order valence-corrected chi connectivity index (χ3v) is 7.11. The lowest BCUT2D eigenvalue weighted by atomic mass is 10.2. The van der Waals surface area contributed by atoms with Crippen LogP contribution in [0.25, 0.3) is 0 Å². The van der Waals surface area contributed by atoms with Gasteiger partial charge in [0.25, 0.3) is 15.9 Å². The Kier molecular flexibility index (Phi) is 7.88. The first-order valence-electron chi connectivity index (χ1n) is 11.6. The van der Waals surface area contributed by atoms with Gasteiger partial charge in [-0.2, -0.15) is 13.5 Å². The Labute approximate surface area is 229 Å². The van der Waals surface area contributed by atoms with Gasteiger partial charge in [-0.15, -0.1) is 4.40 Å². The van der Waals surface area contributed by atoms with Crippen LogP contribution in [0, 0.1) is 13.8 Å². The number of rotatable bonds is 8.